The highest BCUT2D eigenvalue weighted by atomic mass is 15.1. The number of allylic oxidation sites excluding steroid dienone is 1. The molecule has 0 unspecified atom stereocenters. The molecule has 0 aliphatic heterocycles. The summed E-state index contributed by atoms with van der Waals surface area (Å²) in [6.07, 6.45) is 14.0. The monoisotopic (exact) mass is 225 g/mol. The Hall–Kier alpha value is -0.300. The van der Waals surface area contributed by atoms with Crippen molar-refractivity contribution in [1.29, 1.82) is 0 Å². The zero-order chi connectivity index (χ0) is 12.1. The van der Waals surface area contributed by atoms with Crippen molar-refractivity contribution >= 4 is 0 Å². The van der Waals surface area contributed by atoms with E-state index in [1.54, 1.807) is 0 Å². The van der Waals surface area contributed by atoms with E-state index in [4.69, 9.17) is 0 Å². The largest absolute Gasteiger partial charge is 0.300 e. The fraction of sp³-hybridized carbons (Fsp3) is 0.867. The predicted octanol–water partition coefficient (Wildman–Crippen LogP) is 4.64. The lowest BCUT2D eigenvalue weighted by Crippen LogP contribution is -2.26. The third kappa shape index (κ3) is 10.2. The summed E-state index contributed by atoms with van der Waals surface area (Å²) < 4.78 is 0. The smallest absolute Gasteiger partial charge is 0.0163 e. The highest BCUT2D eigenvalue weighted by Crippen LogP contribution is 2.04. The molecule has 0 rings (SSSR count). The Morgan fingerprint density at radius 3 is 1.94 bits per heavy atom. The lowest BCUT2D eigenvalue weighted by Gasteiger charge is -2.20. The fourth-order valence-electron chi connectivity index (χ4n) is 1.90. The first-order valence-electron chi connectivity index (χ1n) is 7.18. The van der Waals surface area contributed by atoms with Gasteiger partial charge < -0.3 is 0 Å². The molecule has 0 fully saturated rings. The normalized spacial score (nSPS) is 11.8. The Kier molecular flexibility index (Phi) is 12.5. The van der Waals surface area contributed by atoms with E-state index in [9.17, 15) is 0 Å². The molecule has 0 saturated heterocycles. The van der Waals surface area contributed by atoms with Crippen molar-refractivity contribution in [3.05, 3.63) is 12.2 Å². The molecule has 0 aromatic heterocycles. The summed E-state index contributed by atoms with van der Waals surface area (Å²) in [4.78, 5) is 2.60. The first-order valence-corrected chi connectivity index (χ1v) is 7.18. The van der Waals surface area contributed by atoms with Crippen LogP contribution in [0.15, 0.2) is 12.2 Å². The maximum absolute atomic E-state index is 2.60. The van der Waals surface area contributed by atoms with Crippen LogP contribution in [-0.2, 0) is 0 Å². The van der Waals surface area contributed by atoms with Crippen LogP contribution in [0.4, 0.5) is 0 Å². The third-order valence-corrected chi connectivity index (χ3v) is 3.01. The van der Waals surface area contributed by atoms with Gasteiger partial charge in [-0.25, -0.2) is 0 Å². The number of unbranched alkanes of at least 4 members (excludes halogenated alkanes) is 5. The van der Waals surface area contributed by atoms with E-state index in [0.717, 1.165) is 6.54 Å². The molecule has 0 heterocycles. The zero-order valence-electron chi connectivity index (χ0n) is 11.7. The maximum Gasteiger partial charge on any atom is 0.0163 e. The minimum absolute atomic E-state index is 1.15. The maximum atomic E-state index is 2.60. The summed E-state index contributed by atoms with van der Waals surface area (Å²) in [5.41, 5.74) is 0. The van der Waals surface area contributed by atoms with Gasteiger partial charge in [-0.1, -0.05) is 58.1 Å². The molecule has 0 aromatic carbocycles. The van der Waals surface area contributed by atoms with Gasteiger partial charge in [-0.15, -0.1) is 0 Å². The van der Waals surface area contributed by atoms with Crippen LogP contribution in [0.5, 0.6) is 0 Å². The van der Waals surface area contributed by atoms with Crippen LogP contribution in [0, 0.1) is 0 Å². The number of hydrogen-bond donors (Lipinski definition) is 0. The molecule has 0 radical (unpaired) electrons. The van der Waals surface area contributed by atoms with E-state index in [0.29, 0.717) is 0 Å². The highest BCUT2D eigenvalue weighted by Gasteiger charge is 2.01. The first-order chi connectivity index (χ1) is 7.85. The van der Waals surface area contributed by atoms with E-state index >= 15 is 0 Å². The quantitative estimate of drug-likeness (QED) is 0.366. The van der Waals surface area contributed by atoms with Crippen molar-refractivity contribution < 1.29 is 0 Å². The molecule has 0 atom stereocenters. The molecule has 16 heavy (non-hydrogen) atoms. The molecule has 1 heteroatoms. The van der Waals surface area contributed by atoms with Crippen LogP contribution in [0.3, 0.4) is 0 Å². The molecule has 0 amide bonds. The van der Waals surface area contributed by atoms with Gasteiger partial charge in [-0.2, -0.15) is 0 Å². The van der Waals surface area contributed by atoms with Gasteiger partial charge >= 0.3 is 0 Å². The number of nitrogens with zero attached hydrogens (tertiary/aromatic N) is 1. The van der Waals surface area contributed by atoms with Crippen molar-refractivity contribution in [3.63, 3.8) is 0 Å². The summed E-state index contributed by atoms with van der Waals surface area (Å²) in [6, 6.07) is 0. The van der Waals surface area contributed by atoms with Crippen LogP contribution in [-0.4, -0.2) is 24.5 Å². The molecular weight excluding hydrogens is 194 g/mol. The highest BCUT2D eigenvalue weighted by molar-refractivity contribution is 4.81. The van der Waals surface area contributed by atoms with E-state index in [1.165, 1.54) is 58.0 Å². The molecule has 0 aliphatic carbocycles. The number of rotatable bonds is 11. The second-order valence-corrected chi connectivity index (χ2v) is 4.64. The van der Waals surface area contributed by atoms with Crippen molar-refractivity contribution in [2.45, 2.75) is 65.7 Å². The van der Waals surface area contributed by atoms with Crippen molar-refractivity contribution in [2.75, 3.05) is 19.6 Å². The van der Waals surface area contributed by atoms with Crippen molar-refractivity contribution in [2.24, 2.45) is 0 Å². The van der Waals surface area contributed by atoms with E-state index in [1.807, 2.05) is 0 Å². The second kappa shape index (κ2) is 12.8. The average Bonchev–Trinajstić information content (AvgIpc) is 2.31. The van der Waals surface area contributed by atoms with Gasteiger partial charge in [-0.3, -0.25) is 4.90 Å². The van der Waals surface area contributed by atoms with Gasteiger partial charge in [0.05, 0.1) is 0 Å². The molecule has 0 saturated carbocycles. The Balaban J connectivity index is 3.62. The lowest BCUT2D eigenvalue weighted by molar-refractivity contribution is 0.287. The molecule has 96 valence electrons. The van der Waals surface area contributed by atoms with E-state index < -0.39 is 0 Å². The van der Waals surface area contributed by atoms with Gasteiger partial charge in [0, 0.05) is 6.54 Å². The SMILES string of the molecule is CC=CCN(CCCCC)CCCCCC. The predicted molar refractivity (Wildman–Crippen MR) is 74.9 cm³/mol. The van der Waals surface area contributed by atoms with Crippen molar-refractivity contribution in [3.8, 4) is 0 Å². The number of hydrogen-bond acceptors (Lipinski definition) is 1. The van der Waals surface area contributed by atoms with E-state index in [2.05, 4.69) is 37.8 Å². The molecule has 0 N–H and O–H groups in total. The van der Waals surface area contributed by atoms with Crippen LogP contribution >= 0.6 is 0 Å². The van der Waals surface area contributed by atoms with Crippen molar-refractivity contribution in [1.82, 2.24) is 4.90 Å². The average molecular weight is 225 g/mol. The van der Waals surface area contributed by atoms with E-state index in [-0.39, 0.29) is 0 Å². The third-order valence-electron chi connectivity index (χ3n) is 3.01. The van der Waals surface area contributed by atoms with Gasteiger partial charge in [0.1, 0.15) is 0 Å². The molecular formula is C15H31N. The molecule has 1 nitrogen and oxygen atoms in total. The minimum Gasteiger partial charge on any atom is -0.300 e. The fourth-order valence-corrected chi connectivity index (χ4v) is 1.90. The van der Waals surface area contributed by atoms with Crippen LogP contribution in [0.25, 0.3) is 0 Å². The van der Waals surface area contributed by atoms with Gasteiger partial charge in [-0.05, 0) is 32.9 Å². The molecule has 0 spiro atoms. The van der Waals surface area contributed by atoms with Gasteiger partial charge in [0.15, 0.2) is 0 Å². The summed E-state index contributed by atoms with van der Waals surface area (Å²) >= 11 is 0. The Morgan fingerprint density at radius 2 is 1.38 bits per heavy atom. The first kappa shape index (κ1) is 15.7. The molecule has 0 aromatic rings. The lowest BCUT2D eigenvalue weighted by atomic mass is 10.2. The summed E-state index contributed by atoms with van der Waals surface area (Å²) in [6.45, 7) is 10.4. The Morgan fingerprint density at radius 1 is 0.812 bits per heavy atom. The van der Waals surface area contributed by atoms with Gasteiger partial charge in [0.2, 0.25) is 0 Å². The molecule has 0 bridgehead atoms. The summed E-state index contributed by atoms with van der Waals surface area (Å²) in [5, 5.41) is 0. The second-order valence-electron chi connectivity index (χ2n) is 4.64. The van der Waals surface area contributed by atoms with Gasteiger partial charge in [0.25, 0.3) is 0 Å². The Labute approximate surface area is 103 Å². The van der Waals surface area contributed by atoms with Crippen LogP contribution < -0.4 is 0 Å². The summed E-state index contributed by atoms with van der Waals surface area (Å²) in [7, 11) is 0. The zero-order valence-corrected chi connectivity index (χ0v) is 11.7. The topological polar surface area (TPSA) is 3.24 Å². The molecule has 0 aliphatic rings. The minimum atomic E-state index is 1.15. The standard InChI is InChI=1S/C15H31N/c1-4-7-10-12-15-16(13-9-6-3)14-11-8-5-2/h6,9H,4-5,7-8,10-15H2,1-3H3. The van der Waals surface area contributed by atoms with Crippen LogP contribution in [0.2, 0.25) is 0 Å². The Bertz CT molecular complexity index is 152. The van der Waals surface area contributed by atoms with Crippen LogP contribution in [0.1, 0.15) is 65.7 Å². The summed E-state index contributed by atoms with van der Waals surface area (Å²) in [5.74, 6) is 0.